The van der Waals surface area contributed by atoms with Crippen LogP contribution in [0.5, 0.6) is 0 Å². The van der Waals surface area contributed by atoms with Crippen LogP contribution in [-0.4, -0.2) is 39.3 Å². The van der Waals surface area contributed by atoms with Gasteiger partial charge >= 0.3 is 0 Å². The van der Waals surface area contributed by atoms with Crippen LogP contribution in [0.25, 0.3) is 5.69 Å². The molecule has 6 nitrogen and oxygen atoms in total. The highest BCUT2D eigenvalue weighted by atomic mass is 16.5. The lowest BCUT2D eigenvalue weighted by molar-refractivity contribution is 0.147. The number of nitrogens with one attached hydrogen (secondary N) is 1. The summed E-state index contributed by atoms with van der Waals surface area (Å²) in [5.41, 5.74) is 0.891. The highest BCUT2D eigenvalue weighted by molar-refractivity contribution is 5.38. The molecule has 0 bridgehead atoms. The van der Waals surface area contributed by atoms with Gasteiger partial charge in [-0.05, 0) is 13.3 Å². The minimum Gasteiger partial charge on any atom is -0.382 e. The molecule has 2 aromatic heterocycles. The molecule has 1 N–H and O–H groups in total. The number of anilines is 1. The Morgan fingerprint density at radius 2 is 2.17 bits per heavy atom. The fraction of sp³-hybridized carbons (Fsp3) is 0.417. The molecule has 2 rings (SSSR count). The van der Waals surface area contributed by atoms with E-state index < -0.39 is 0 Å². The summed E-state index contributed by atoms with van der Waals surface area (Å²) in [5.74, 6) is 0.793. The zero-order valence-electron chi connectivity index (χ0n) is 10.4. The maximum Gasteiger partial charge on any atom is 0.207 e. The Kier molecular flexibility index (Phi) is 4.66. The topological polar surface area (TPSA) is 64.9 Å². The Morgan fingerprint density at radius 1 is 1.33 bits per heavy atom. The molecule has 0 aromatic carbocycles. The minimum atomic E-state index is 0.760. The van der Waals surface area contributed by atoms with Crippen LogP contribution in [0.3, 0.4) is 0 Å². The van der Waals surface area contributed by atoms with Gasteiger partial charge in [-0.25, -0.2) is 15.0 Å². The number of aromatic nitrogens is 4. The molecule has 0 aliphatic carbocycles. The van der Waals surface area contributed by atoms with E-state index >= 15 is 0 Å². The third-order valence-corrected chi connectivity index (χ3v) is 2.42. The van der Waals surface area contributed by atoms with Crippen LogP contribution in [0.4, 0.5) is 5.95 Å². The van der Waals surface area contributed by atoms with Crippen LogP contribution in [0, 0.1) is 0 Å². The Morgan fingerprint density at radius 3 is 2.94 bits per heavy atom. The number of rotatable bonds is 7. The summed E-state index contributed by atoms with van der Waals surface area (Å²) in [5, 5.41) is 3.27. The molecule has 0 radical (unpaired) electrons. The van der Waals surface area contributed by atoms with Gasteiger partial charge in [0.1, 0.15) is 6.33 Å². The van der Waals surface area contributed by atoms with Crippen molar-refractivity contribution in [2.75, 3.05) is 25.1 Å². The van der Waals surface area contributed by atoms with E-state index in [0.29, 0.717) is 0 Å². The van der Waals surface area contributed by atoms with Gasteiger partial charge in [-0.15, -0.1) is 0 Å². The lowest BCUT2D eigenvalue weighted by atomic mass is 10.4. The van der Waals surface area contributed by atoms with Gasteiger partial charge in [0.25, 0.3) is 0 Å². The molecule has 96 valence electrons. The first-order valence-corrected chi connectivity index (χ1v) is 6.02. The predicted octanol–water partition coefficient (Wildman–Crippen LogP) is 1.50. The monoisotopic (exact) mass is 247 g/mol. The predicted molar refractivity (Wildman–Crippen MR) is 68.8 cm³/mol. The molecule has 2 heterocycles. The van der Waals surface area contributed by atoms with Gasteiger partial charge in [0.2, 0.25) is 5.95 Å². The molecule has 0 aliphatic rings. The Bertz CT molecular complexity index is 457. The van der Waals surface area contributed by atoms with Crippen LogP contribution in [0.1, 0.15) is 13.3 Å². The largest absolute Gasteiger partial charge is 0.382 e. The van der Waals surface area contributed by atoms with Gasteiger partial charge in [-0.3, -0.25) is 4.57 Å². The fourth-order valence-corrected chi connectivity index (χ4v) is 1.58. The van der Waals surface area contributed by atoms with Crippen molar-refractivity contribution in [1.82, 2.24) is 19.5 Å². The maximum atomic E-state index is 5.28. The number of imidazole rings is 1. The second-order valence-corrected chi connectivity index (χ2v) is 3.69. The summed E-state index contributed by atoms with van der Waals surface area (Å²) in [6.07, 6.45) is 9.59. The highest BCUT2D eigenvalue weighted by Crippen LogP contribution is 2.11. The van der Waals surface area contributed by atoms with Gasteiger partial charge in [0.05, 0.1) is 18.1 Å². The second-order valence-electron chi connectivity index (χ2n) is 3.69. The summed E-state index contributed by atoms with van der Waals surface area (Å²) in [6, 6.07) is 0. The van der Waals surface area contributed by atoms with Gasteiger partial charge in [-0.2, -0.15) is 0 Å². The van der Waals surface area contributed by atoms with Crippen LogP contribution in [-0.2, 0) is 4.74 Å². The maximum absolute atomic E-state index is 5.28. The third kappa shape index (κ3) is 3.27. The molecule has 6 heteroatoms. The third-order valence-electron chi connectivity index (χ3n) is 2.42. The van der Waals surface area contributed by atoms with Gasteiger partial charge in [-0.1, -0.05) is 0 Å². The summed E-state index contributed by atoms with van der Waals surface area (Å²) in [4.78, 5) is 12.3. The first kappa shape index (κ1) is 12.5. The fourth-order valence-electron chi connectivity index (χ4n) is 1.58. The average molecular weight is 247 g/mol. The van der Waals surface area contributed by atoms with Crippen molar-refractivity contribution in [3.05, 3.63) is 31.1 Å². The van der Waals surface area contributed by atoms with Gasteiger partial charge in [0, 0.05) is 32.2 Å². The smallest absolute Gasteiger partial charge is 0.207 e. The van der Waals surface area contributed by atoms with Crippen molar-refractivity contribution in [2.45, 2.75) is 13.3 Å². The number of hydrogen-bond acceptors (Lipinski definition) is 5. The normalized spacial score (nSPS) is 10.5. The highest BCUT2D eigenvalue weighted by Gasteiger charge is 2.04. The molecule has 18 heavy (non-hydrogen) atoms. The van der Waals surface area contributed by atoms with Crippen LogP contribution >= 0.6 is 0 Å². The van der Waals surface area contributed by atoms with Crippen molar-refractivity contribution in [3.63, 3.8) is 0 Å². The summed E-state index contributed by atoms with van der Waals surface area (Å²) in [6.45, 7) is 4.34. The van der Waals surface area contributed by atoms with E-state index in [0.717, 1.165) is 37.8 Å². The minimum absolute atomic E-state index is 0.760. The number of hydrogen-bond donors (Lipinski definition) is 1. The van der Waals surface area contributed by atoms with Crippen molar-refractivity contribution >= 4 is 5.95 Å². The molecule has 2 aromatic rings. The van der Waals surface area contributed by atoms with Crippen LogP contribution in [0.2, 0.25) is 0 Å². The molecule has 0 saturated heterocycles. The lowest BCUT2D eigenvalue weighted by Crippen LogP contribution is -2.10. The van der Waals surface area contributed by atoms with Crippen molar-refractivity contribution in [1.29, 1.82) is 0 Å². The lowest BCUT2D eigenvalue weighted by Gasteiger charge is -2.08. The first-order valence-electron chi connectivity index (χ1n) is 6.02. The Balaban J connectivity index is 1.92. The van der Waals surface area contributed by atoms with E-state index in [-0.39, 0.29) is 0 Å². The second kappa shape index (κ2) is 6.70. The Labute approximate surface area is 106 Å². The molecule has 0 aliphatic heterocycles. The average Bonchev–Trinajstić information content (AvgIpc) is 2.88. The van der Waals surface area contributed by atoms with Gasteiger partial charge in [0.15, 0.2) is 0 Å². The molecule has 0 saturated carbocycles. The standard InChI is InChI=1S/C12H17N5O/c1-2-18-7-3-4-15-12-16-5-6-17(12)11-8-13-10-14-9-11/h5-6,8-10H,2-4,7H2,1H3,(H,15,16). The van der Waals surface area contributed by atoms with E-state index in [2.05, 4.69) is 20.3 Å². The molecule has 0 fully saturated rings. The zero-order valence-corrected chi connectivity index (χ0v) is 10.4. The van der Waals surface area contributed by atoms with Crippen LogP contribution < -0.4 is 5.32 Å². The molecule has 0 amide bonds. The van der Waals surface area contributed by atoms with E-state index in [9.17, 15) is 0 Å². The molecular formula is C12H17N5O. The zero-order chi connectivity index (χ0) is 12.6. The first-order chi connectivity index (χ1) is 8.92. The summed E-state index contributed by atoms with van der Waals surface area (Å²) < 4.78 is 7.20. The molecular weight excluding hydrogens is 230 g/mol. The van der Waals surface area contributed by atoms with E-state index in [1.807, 2.05) is 17.7 Å². The summed E-state index contributed by atoms with van der Waals surface area (Å²) >= 11 is 0. The van der Waals surface area contributed by atoms with Crippen LogP contribution in [0.15, 0.2) is 31.1 Å². The van der Waals surface area contributed by atoms with E-state index in [1.165, 1.54) is 6.33 Å². The molecule has 0 unspecified atom stereocenters. The van der Waals surface area contributed by atoms with Crippen molar-refractivity contribution in [3.8, 4) is 5.69 Å². The van der Waals surface area contributed by atoms with Crippen molar-refractivity contribution < 1.29 is 4.74 Å². The number of ether oxygens (including phenoxy) is 1. The van der Waals surface area contributed by atoms with E-state index in [4.69, 9.17) is 4.74 Å². The molecule has 0 spiro atoms. The SMILES string of the molecule is CCOCCCNc1nccn1-c1cncnc1. The molecule has 0 atom stereocenters. The Hall–Kier alpha value is -1.95. The number of nitrogens with zero attached hydrogens (tertiary/aromatic N) is 4. The summed E-state index contributed by atoms with van der Waals surface area (Å²) in [7, 11) is 0. The van der Waals surface area contributed by atoms with Gasteiger partial charge < -0.3 is 10.1 Å². The van der Waals surface area contributed by atoms with E-state index in [1.54, 1.807) is 18.6 Å². The quantitative estimate of drug-likeness (QED) is 0.751. The van der Waals surface area contributed by atoms with Crippen molar-refractivity contribution in [2.24, 2.45) is 0 Å².